The zero-order chi connectivity index (χ0) is 14.3. The number of likely N-dealkylation sites (tertiary alicyclic amines) is 1. The fourth-order valence-corrected chi connectivity index (χ4v) is 4.08. The van der Waals surface area contributed by atoms with Crippen LogP contribution < -0.4 is 0 Å². The summed E-state index contributed by atoms with van der Waals surface area (Å²) in [4.78, 5) is 2.51. The third-order valence-corrected chi connectivity index (χ3v) is 5.10. The summed E-state index contributed by atoms with van der Waals surface area (Å²) in [6, 6.07) is 6.90. The zero-order valence-corrected chi connectivity index (χ0v) is 12.1. The van der Waals surface area contributed by atoms with E-state index in [1.807, 2.05) is 18.3 Å². The number of hydrogen-bond acceptors (Lipinski definition) is 2. The summed E-state index contributed by atoms with van der Waals surface area (Å²) < 4.78 is 13.0. The van der Waals surface area contributed by atoms with Gasteiger partial charge in [0.1, 0.15) is 5.82 Å². The Labute approximate surface area is 124 Å². The SMILES string of the molecule is Fc1ccc(CN2CCCC3(CCc4cn[nH]c43)C2)cc1. The standard InChI is InChI=1S/C17H20FN3/c18-15-4-2-13(3-5-15)11-21-9-1-7-17(12-21)8-6-14-10-19-20-16(14)17/h2-5,10H,1,6-9,11-12H2,(H,19,20). The minimum atomic E-state index is -0.160. The number of aromatic amines is 1. The Balaban J connectivity index is 1.52. The first-order valence-electron chi connectivity index (χ1n) is 7.75. The van der Waals surface area contributed by atoms with Gasteiger partial charge in [-0.15, -0.1) is 0 Å². The molecule has 0 bridgehead atoms. The second-order valence-electron chi connectivity index (χ2n) is 6.49. The summed E-state index contributed by atoms with van der Waals surface area (Å²) >= 11 is 0. The van der Waals surface area contributed by atoms with Crippen LogP contribution in [0.5, 0.6) is 0 Å². The molecule has 1 saturated heterocycles. The van der Waals surface area contributed by atoms with Gasteiger partial charge in [0.05, 0.1) is 6.20 Å². The summed E-state index contributed by atoms with van der Waals surface area (Å²) in [5.74, 6) is -0.160. The number of aromatic nitrogens is 2. The van der Waals surface area contributed by atoms with Gasteiger partial charge in [0.25, 0.3) is 0 Å². The van der Waals surface area contributed by atoms with Crippen LogP contribution in [0, 0.1) is 5.82 Å². The Hall–Kier alpha value is -1.68. The molecule has 3 nitrogen and oxygen atoms in total. The monoisotopic (exact) mass is 285 g/mol. The maximum atomic E-state index is 13.0. The number of hydrogen-bond donors (Lipinski definition) is 1. The van der Waals surface area contributed by atoms with Crippen LogP contribution in [0.15, 0.2) is 30.5 Å². The van der Waals surface area contributed by atoms with Crippen molar-refractivity contribution in [2.75, 3.05) is 13.1 Å². The largest absolute Gasteiger partial charge is 0.298 e. The van der Waals surface area contributed by atoms with Crippen LogP contribution in [-0.4, -0.2) is 28.2 Å². The van der Waals surface area contributed by atoms with Crippen LogP contribution in [0.4, 0.5) is 4.39 Å². The summed E-state index contributed by atoms with van der Waals surface area (Å²) in [6.07, 6.45) is 6.84. The number of nitrogens with zero attached hydrogens (tertiary/aromatic N) is 2. The fraction of sp³-hybridized carbons (Fsp3) is 0.471. The van der Waals surface area contributed by atoms with E-state index < -0.39 is 0 Å². The van der Waals surface area contributed by atoms with Crippen molar-refractivity contribution >= 4 is 0 Å². The third-order valence-electron chi connectivity index (χ3n) is 5.10. The molecule has 2 aliphatic rings. The van der Waals surface area contributed by atoms with Gasteiger partial charge in [-0.2, -0.15) is 5.10 Å². The normalized spacial score (nSPS) is 25.4. The number of fused-ring (bicyclic) bond motifs is 2. The van der Waals surface area contributed by atoms with Gasteiger partial charge in [0.2, 0.25) is 0 Å². The van der Waals surface area contributed by atoms with Crippen molar-refractivity contribution in [3.63, 3.8) is 0 Å². The Morgan fingerprint density at radius 2 is 2.10 bits per heavy atom. The molecule has 1 aliphatic heterocycles. The van der Waals surface area contributed by atoms with E-state index in [2.05, 4.69) is 15.1 Å². The summed E-state index contributed by atoms with van der Waals surface area (Å²) in [7, 11) is 0. The minimum absolute atomic E-state index is 0.160. The molecule has 1 aromatic carbocycles. The molecule has 110 valence electrons. The van der Waals surface area contributed by atoms with Gasteiger partial charge in [-0.3, -0.25) is 10.00 Å². The highest BCUT2D eigenvalue weighted by molar-refractivity contribution is 5.33. The number of H-pyrrole nitrogens is 1. The lowest BCUT2D eigenvalue weighted by Crippen LogP contribution is -2.44. The number of nitrogens with one attached hydrogen (secondary N) is 1. The predicted molar refractivity (Wildman–Crippen MR) is 79.5 cm³/mol. The Morgan fingerprint density at radius 3 is 2.95 bits per heavy atom. The van der Waals surface area contributed by atoms with Gasteiger partial charge >= 0.3 is 0 Å². The number of piperidine rings is 1. The van der Waals surface area contributed by atoms with Crippen molar-refractivity contribution in [1.29, 1.82) is 0 Å². The Kier molecular flexibility index (Phi) is 3.07. The molecule has 1 atom stereocenters. The van der Waals surface area contributed by atoms with E-state index in [0.29, 0.717) is 0 Å². The lowest BCUT2D eigenvalue weighted by atomic mass is 9.77. The third kappa shape index (κ3) is 2.27. The molecular weight excluding hydrogens is 265 g/mol. The summed E-state index contributed by atoms with van der Waals surface area (Å²) in [5, 5.41) is 7.47. The van der Waals surface area contributed by atoms with E-state index >= 15 is 0 Å². The highest BCUT2D eigenvalue weighted by atomic mass is 19.1. The summed E-state index contributed by atoms with van der Waals surface area (Å²) in [6.45, 7) is 3.12. The highest BCUT2D eigenvalue weighted by Gasteiger charge is 2.43. The number of aryl methyl sites for hydroxylation is 1. The van der Waals surface area contributed by atoms with E-state index in [4.69, 9.17) is 0 Å². The van der Waals surface area contributed by atoms with Crippen LogP contribution in [0.1, 0.15) is 36.1 Å². The van der Waals surface area contributed by atoms with Gasteiger partial charge < -0.3 is 0 Å². The van der Waals surface area contributed by atoms with Crippen molar-refractivity contribution in [2.24, 2.45) is 0 Å². The van der Waals surface area contributed by atoms with Crippen LogP contribution in [0.25, 0.3) is 0 Å². The van der Waals surface area contributed by atoms with E-state index in [-0.39, 0.29) is 11.2 Å². The first-order chi connectivity index (χ1) is 10.3. The van der Waals surface area contributed by atoms with Crippen molar-refractivity contribution in [3.05, 3.63) is 53.1 Å². The molecule has 1 spiro atoms. The maximum absolute atomic E-state index is 13.0. The fourth-order valence-electron chi connectivity index (χ4n) is 4.08. The molecule has 0 saturated carbocycles. The number of benzene rings is 1. The lowest BCUT2D eigenvalue weighted by Gasteiger charge is -2.40. The number of halogens is 1. The minimum Gasteiger partial charge on any atom is -0.298 e. The second-order valence-corrected chi connectivity index (χ2v) is 6.49. The topological polar surface area (TPSA) is 31.9 Å². The Bertz CT molecular complexity index is 634. The van der Waals surface area contributed by atoms with Crippen molar-refractivity contribution in [3.8, 4) is 0 Å². The van der Waals surface area contributed by atoms with Crippen LogP contribution in [-0.2, 0) is 18.4 Å². The molecule has 2 aromatic rings. The molecule has 4 rings (SSSR count). The predicted octanol–water partition coefficient (Wildman–Crippen LogP) is 3.03. The molecule has 1 N–H and O–H groups in total. The molecular formula is C17H20FN3. The van der Waals surface area contributed by atoms with Crippen LogP contribution in [0.3, 0.4) is 0 Å². The molecule has 1 aromatic heterocycles. The van der Waals surface area contributed by atoms with E-state index in [1.165, 1.54) is 36.1 Å². The van der Waals surface area contributed by atoms with Crippen molar-refractivity contribution < 1.29 is 4.39 Å². The van der Waals surface area contributed by atoms with Crippen LogP contribution >= 0.6 is 0 Å². The van der Waals surface area contributed by atoms with Gasteiger partial charge in [0, 0.05) is 24.2 Å². The summed E-state index contributed by atoms with van der Waals surface area (Å²) in [5.41, 5.74) is 4.23. The average Bonchev–Trinajstić information content (AvgIpc) is 3.07. The van der Waals surface area contributed by atoms with Crippen molar-refractivity contribution in [2.45, 2.75) is 37.6 Å². The van der Waals surface area contributed by atoms with E-state index in [1.54, 1.807) is 12.1 Å². The van der Waals surface area contributed by atoms with E-state index in [9.17, 15) is 4.39 Å². The Morgan fingerprint density at radius 1 is 1.24 bits per heavy atom. The zero-order valence-electron chi connectivity index (χ0n) is 12.1. The highest BCUT2D eigenvalue weighted by Crippen LogP contribution is 2.43. The molecule has 1 unspecified atom stereocenters. The number of rotatable bonds is 2. The van der Waals surface area contributed by atoms with Crippen LogP contribution in [0.2, 0.25) is 0 Å². The van der Waals surface area contributed by atoms with Gasteiger partial charge in [-0.1, -0.05) is 12.1 Å². The van der Waals surface area contributed by atoms with Gasteiger partial charge in [-0.25, -0.2) is 4.39 Å². The maximum Gasteiger partial charge on any atom is 0.123 e. The molecule has 0 amide bonds. The molecule has 2 heterocycles. The first-order valence-corrected chi connectivity index (χ1v) is 7.75. The second kappa shape index (κ2) is 4.95. The van der Waals surface area contributed by atoms with Gasteiger partial charge in [0.15, 0.2) is 0 Å². The first kappa shape index (κ1) is 13.0. The molecule has 4 heteroatoms. The molecule has 1 aliphatic carbocycles. The molecule has 21 heavy (non-hydrogen) atoms. The van der Waals surface area contributed by atoms with Gasteiger partial charge in [-0.05, 0) is 55.5 Å². The van der Waals surface area contributed by atoms with E-state index in [0.717, 1.165) is 26.1 Å². The quantitative estimate of drug-likeness (QED) is 0.919. The molecule has 1 fully saturated rings. The van der Waals surface area contributed by atoms with Crippen molar-refractivity contribution in [1.82, 2.24) is 15.1 Å². The molecule has 0 radical (unpaired) electrons. The lowest BCUT2D eigenvalue weighted by molar-refractivity contribution is 0.136. The smallest absolute Gasteiger partial charge is 0.123 e. The average molecular weight is 285 g/mol.